The molecule has 24 heavy (non-hydrogen) atoms. The molecule has 1 aromatic heterocycles. The molecule has 2 heterocycles. The fraction of sp³-hybridized carbons (Fsp3) is 0.176. The maximum absolute atomic E-state index is 11.8. The summed E-state index contributed by atoms with van der Waals surface area (Å²) in [6.07, 6.45) is 0. The van der Waals surface area contributed by atoms with Gasteiger partial charge in [-0.1, -0.05) is 12.1 Å². The summed E-state index contributed by atoms with van der Waals surface area (Å²) in [5.74, 6) is 1.13. The average Bonchev–Trinajstić information content (AvgIpc) is 3.20. The Morgan fingerprint density at radius 2 is 2.04 bits per heavy atom. The summed E-state index contributed by atoms with van der Waals surface area (Å²) in [7, 11) is 0. The zero-order valence-corrected chi connectivity index (χ0v) is 13.4. The molecule has 0 unspecified atom stereocenters. The highest BCUT2D eigenvalue weighted by atomic mass is 32.1. The van der Waals surface area contributed by atoms with Crippen LogP contribution in [0, 0.1) is 0 Å². The first-order valence-corrected chi connectivity index (χ1v) is 8.12. The third kappa shape index (κ3) is 3.17. The molecule has 1 aliphatic rings. The summed E-state index contributed by atoms with van der Waals surface area (Å²) in [6.45, 7) is 0.304. The van der Waals surface area contributed by atoms with Crippen molar-refractivity contribution in [1.82, 2.24) is 4.98 Å². The Hall–Kier alpha value is -2.64. The van der Waals surface area contributed by atoms with Crippen molar-refractivity contribution in [2.45, 2.75) is 6.61 Å². The molecule has 7 heteroatoms. The summed E-state index contributed by atoms with van der Waals surface area (Å²) >= 11 is 1.55. The van der Waals surface area contributed by atoms with E-state index in [0.717, 1.165) is 15.2 Å². The van der Waals surface area contributed by atoms with Gasteiger partial charge in [0, 0.05) is 6.07 Å². The minimum absolute atomic E-state index is 0.148. The van der Waals surface area contributed by atoms with Crippen molar-refractivity contribution in [3.63, 3.8) is 0 Å². The van der Waals surface area contributed by atoms with Gasteiger partial charge in [0.05, 0.1) is 16.8 Å². The van der Waals surface area contributed by atoms with E-state index in [1.807, 2.05) is 24.3 Å². The van der Waals surface area contributed by atoms with Crippen molar-refractivity contribution < 1.29 is 23.7 Å². The number of hydrogen-bond donors (Lipinski definition) is 0. The molecule has 0 amide bonds. The van der Waals surface area contributed by atoms with Gasteiger partial charge in [0.15, 0.2) is 11.5 Å². The number of carbonyl (C=O) groups excluding carboxylic acids is 1. The SMILES string of the molecule is O=C(COCc1nc2ccccc2s1)Oc1ccc2c(c1)OCO2. The number of hydrogen-bond acceptors (Lipinski definition) is 7. The van der Waals surface area contributed by atoms with Crippen molar-refractivity contribution in [3.05, 3.63) is 47.5 Å². The second-order valence-corrected chi connectivity index (χ2v) is 6.17. The average molecular weight is 343 g/mol. The molecule has 122 valence electrons. The number of esters is 1. The zero-order valence-electron chi connectivity index (χ0n) is 12.6. The number of nitrogens with zero attached hydrogens (tertiary/aromatic N) is 1. The number of carbonyl (C=O) groups is 1. The molecule has 0 saturated heterocycles. The number of benzene rings is 2. The first-order chi connectivity index (χ1) is 11.8. The van der Waals surface area contributed by atoms with Gasteiger partial charge in [-0.15, -0.1) is 11.3 Å². The standard InChI is InChI=1S/C17H13NO5S/c19-17(23-11-5-6-13-14(7-11)22-10-21-13)9-20-8-16-18-12-3-1-2-4-15(12)24-16/h1-7H,8-10H2. The molecule has 0 spiro atoms. The predicted octanol–water partition coefficient (Wildman–Crippen LogP) is 3.15. The van der Waals surface area contributed by atoms with Gasteiger partial charge >= 0.3 is 5.97 Å². The number of rotatable bonds is 5. The van der Waals surface area contributed by atoms with Crippen LogP contribution in [-0.2, 0) is 16.1 Å². The van der Waals surface area contributed by atoms with Crippen LogP contribution in [0.1, 0.15) is 5.01 Å². The van der Waals surface area contributed by atoms with Gasteiger partial charge in [-0.25, -0.2) is 9.78 Å². The lowest BCUT2D eigenvalue weighted by atomic mass is 10.3. The van der Waals surface area contributed by atoms with Crippen LogP contribution in [0.2, 0.25) is 0 Å². The van der Waals surface area contributed by atoms with Crippen LogP contribution in [0.5, 0.6) is 17.2 Å². The van der Waals surface area contributed by atoms with E-state index in [9.17, 15) is 4.79 Å². The molecule has 0 radical (unpaired) electrons. The molecule has 0 atom stereocenters. The Labute approximate surface area is 141 Å². The van der Waals surface area contributed by atoms with E-state index in [-0.39, 0.29) is 20.0 Å². The number of aromatic nitrogens is 1. The second-order valence-electron chi connectivity index (χ2n) is 5.06. The lowest BCUT2D eigenvalue weighted by Crippen LogP contribution is -2.15. The van der Waals surface area contributed by atoms with Gasteiger partial charge < -0.3 is 18.9 Å². The first kappa shape index (κ1) is 14.9. The third-order valence-electron chi connectivity index (χ3n) is 3.36. The van der Waals surface area contributed by atoms with Gasteiger partial charge in [-0.2, -0.15) is 0 Å². The monoisotopic (exact) mass is 343 g/mol. The Balaban J connectivity index is 1.30. The van der Waals surface area contributed by atoms with Gasteiger partial charge in [0.25, 0.3) is 0 Å². The minimum Gasteiger partial charge on any atom is -0.454 e. The van der Waals surface area contributed by atoms with Crippen molar-refractivity contribution in [2.24, 2.45) is 0 Å². The number of ether oxygens (including phenoxy) is 4. The largest absolute Gasteiger partial charge is 0.454 e. The van der Waals surface area contributed by atoms with Gasteiger partial charge in [-0.05, 0) is 24.3 Å². The molecule has 0 bridgehead atoms. The molecule has 0 N–H and O–H groups in total. The number of fused-ring (bicyclic) bond motifs is 2. The molecule has 2 aromatic carbocycles. The van der Waals surface area contributed by atoms with Gasteiger partial charge in [0.2, 0.25) is 6.79 Å². The maximum atomic E-state index is 11.8. The summed E-state index contributed by atoms with van der Waals surface area (Å²) in [5, 5.41) is 0.826. The van der Waals surface area contributed by atoms with E-state index in [0.29, 0.717) is 17.2 Å². The Morgan fingerprint density at radius 1 is 1.17 bits per heavy atom. The van der Waals surface area contributed by atoms with E-state index >= 15 is 0 Å². The number of para-hydroxylation sites is 1. The van der Waals surface area contributed by atoms with Crippen LogP contribution in [0.4, 0.5) is 0 Å². The molecular formula is C17H13NO5S. The van der Waals surface area contributed by atoms with E-state index in [1.54, 1.807) is 29.5 Å². The van der Waals surface area contributed by atoms with E-state index in [2.05, 4.69) is 4.98 Å². The van der Waals surface area contributed by atoms with Crippen LogP contribution in [0.25, 0.3) is 10.2 Å². The summed E-state index contributed by atoms with van der Waals surface area (Å²) < 4.78 is 22.2. The Bertz CT molecular complexity index is 859. The van der Waals surface area contributed by atoms with Crippen molar-refractivity contribution in [1.29, 1.82) is 0 Å². The quantitative estimate of drug-likeness (QED) is 0.524. The molecule has 1 aliphatic heterocycles. The normalized spacial score (nSPS) is 12.5. The molecular weight excluding hydrogens is 330 g/mol. The molecule has 0 saturated carbocycles. The number of thiazole rings is 1. The first-order valence-electron chi connectivity index (χ1n) is 7.30. The summed E-state index contributed by atoms with van der Waals surface area (Å²) in [4.78, 5) is 16.3. The fourth-order valence-electron chi connectivity index (χ4n) is 2.30. The van der Waals surface area contributed by atoms with E-state index in [1.165, 1.54) is 0 Å². The van der Waals surface area contributed by atoms with Crippen molar-refractivity contribution in [3.8, 4) is 17.2 Å². The Morgan fingerprint density at radius 3 is 2.96 bits per heavy atom. The summed E-state index contributed by atoms with van der Waals surface area (Å²) in [5.41, 5.74) is 0.934. The lowest BCUT2D eigenvalue weighted by Gasteiger charge is -2.05. The maximum Gasteiger partial charge on any atom is 0.337 e. The fourth-order valence-corrected chi connectivity index (χ4v) is 3.21. The van der Waals surface area contributed by atoms with Crippen molar-refractivity contribution >= 4 is 27.5 Å². The predicted molar refractivity (Wildman–Crippen MR) is 87.5 cm³/mol. The van der Waals surface area contributed by atoms with Crippen LogP contribution in [0.3, 0.4) is 0 Å². The molecule has 0 aliphatic carbocycles. The van der Waals surface area contributed by atoms with Crippen LogP contribution in [0.15, 0.2) is 42.5 Å². The molecule has 6 nitrogen and oxygen atoms in total. The molecule has 0 fully saturated rings. The van der Waals surface area contributed by atoms with Gasteiger partial charge in [0.1, 0.15) is 17.4 Å². The van der Waals surface area contributed by atoms with Crippen molar-refractivity contribution in [2.75, 3.05) is 13.4 Å². The second kappa shape index (κ2) is 6.46. The third-order valence-corrected chi connectivity index (χ3v) is 4.37. The highest BCUT2D eigenvalue weighted by molar-refractivity contribution is 7.18. The minimum atomic E-state index is -0.477. The van der Waals surface area contributed by atoms with Crippen LogP contribution in [-0.4, -0.2) is 24.4 Å². The van der Waals surface area contributed by atoms with E-state index < -0.39 is 5.97 Å². The molecule has 4 rings (SSSR count). The highest BCUT2D eigenvalue weighted by Crippen LogP contribution is 2.35. The van der Waals surface area contributed by atoms with Crippen LogP contribution < -0.4 is 14.2 Å². The van der Waals surface area contributed by atoms with E-state index in [4.69, 9.17) is 18.9 Å². The molecule has 3 aromatic rings. The summed E-state index contributed by atoms with van der Waals surface area (Å²) in [6, 6.07) is 12.8. The Kier molecular flexibility index (Phi) is 4.02. The lowest BCUT2D eigenvalue weighted by molar-refractivity contribution is -0.139. The smallest absolute Gasteiger partial charge is 0.337 e. The topological polar surface area (TPSA) is 66.9 Å². The highest BCUT2D eigenvalue weighted by Gasteiger charge is 2.15. The van der Waals surface area contributed by atoms with Crippen LogP contribution >= 0.6 is 11.3 Å². The van der Waals surface area contributed by atoms with Gasteiger partial charge in [-0.3, -0.25) is 0 Å². The zero-order chi connectivity index (χ0) is 16.4.